The van der Waals surface area contributed by atoms with Gasteiger partial charge in [-0.2, -0.15) is 0 Å². The van der Waals surface area contributed by atoms with E-state index in [1.165, 1.54) is 10.5 Å². The van der Waals surface area contributed by atoms with Gasteiger partial charge in [0.15, 0.2) is 0 Å². The highest BCUT2D eigenvalue weighted by atomic mass is 32.2. The number of hydrogen-bond donors (Lipinski definition) is 1. The Hall–Kier alpha value is -1.78. The molecule has 0 bridgehead atoms. The smallest absolute Gasteiger partial charge is 0.238 e. The number of aryl methyl sites for hydroxylation is 2. The molecule has 23 heavy (non-hydrogen) atoms. The molecule has 0 heterocycles. The number of benzene rings is 2. The molecule has 2 aromatic carbocycles. The molecular weight excluding hydrogens is 304 g/mol. The fourth-order valence-corrected chi connectivity index (χ4v) is 2.81. The summed E-state index contributed by atoms with van der Waals surface area (Å²) in [5.41, 5.74) is 4.34. The Balaban J connectivity index is 1.90. The van der Waals surface area contributed by atoms with Crippen LogP contribution in [0, 0.1) is 13.8 Å². The van der Waals surface area contributed by atoms with Crippen LogP contribution in [0.1, 0.15) is 16.7 Å². The topological polar surface area (TPSA) is 32.3 Å². The molecule has 0 aliphatic carbocycles. The SMILES string of the molecule is CSc1ccc(CN(C)CC(=O)Nc2cc(C)ccc2C)cc1. The van der Waals surface area contributed by atoms with Crippen molar-refractivity contribution < 1.29 is 4.79 Å². The molecule has 0 saturated heterocycles. The summed E-state index contributed by atoms with van der Waals surface area (Å²) in [4.78, 5) is 15.5. The molecular formula is C19H24N2OS. The number of hydrogen-bond acceptors (Lipinski definition) is 3. The minimum absolute atomic E-state index is 0.0157. The molecule has 0 atom stereocenters. The minimum Gasteiger partial charge on any atom is -0.325 e. The summed E-state index contributed by atoms with van der Waals surface area (Å²) in [5.74, 6) is 0.0157. The summed E-state index contributed by atoms with van der Waals surface area (Å²) in [6.07, 6.45) is 2.07. The zero-order valence-corrected chi connectivity index (χ0v) is 15.0. The second-order valence-electron chi connectivity index (χ2n) is 5.89. The third-order valence-electron chi connectivity index (χ3n) is 3.69. The summed E-state index contributed by atoms with van der Waals surface area (Å²) < 4.78 is 0. The first-order valence-electron chi connectivity index (χ1n) is 7.66. The van der Waals surface area contributed by atoms with E-state index in [1.54, 1.807) is 11.8 Å². The molecule has 3 nitrogen and oxygen atoms in total. The van der Waals surface area contributed by atoms with Gasteiger partial charge in [-0.15, -0.1) is 11.8 Å². The molecule has 122 valence electrons. The number of nitrogens with one attached hydrogen (secondary N) is 1. The van der Waals surface area contributed by atoms with Crippen molar-refractivity contribution in [2.75, 3.05) is 25.2 Å². The van der Waals surface area contributed by atoms with E-state index in [-0.39, 0.29) is 5.91 Å². The lowest BCUT2D eigenvalue weighted by Crippen LogP contribution is -2.30. The summed E-state index contributed by atoms with van der Waals surface area (Å²) in [5, 5.41) is 3.00. The van der Waals surface area contributed by atoms with E-state index in [2.05, 4.69) is 41.9 Å². The first-order valence-corrected chi connectivity index (χ1v) is 8.89. The van der Waals surface area contributed by atoms with Gasteiger partial charge in [0.25, 0.3) is 0 Å². The van der Waals surface area contributed by atoms with Crippen LogP contribution in [0.4, 0.5) is 5.69 Å². The van der Waals surface area contributed by atoms with Crippen LogP contribution in [-0.4, -0.2) is 30.7 Å². The fraction of sp³-hybridized carbons (Fsp3) is 0.316. The molecule has 0 fully saturated rings. The zero-order chi connectivity index (χ0) is 16.8. The Morgan fingerprint density at radius 1 is 1.13 bits per heavy atom. The van der Waals surface area contributed by atoms with Gasteiger partial charge in [-0.3, -0.25) is 9.69 Å². The van der Waals surface area contributed by atoms with Gasteiger partial charge >= 0.3 is 0 Å². The molecule has 0 aliphatic rings. The Morgan fingerprint density at radius 3 is 2.48 bits per heavy atom. The van der Waals surface area contributed by atoms with Crippen LogP contribution in [0.25, 0.3) is 0 Å². The largest absolute Gasteiger partial charge is 0.325 e. The molecule has 0 spiro atoms. The normalized spacial score (nSPS) is 10.8. The van der Waals surface area contributed by atoms with Gasteiger partial charge in [-0.25, -0.2) is 0 Å². The third-order valence-corrected chi connectivity index (χ3v) is 4.44. The first-order chi connectivity index (χ1) is 11.0. The molecule has 0 aromatic heterocycles. The van der Waals surface area contributed by atoms with E-state index in [4.69, 9.17) is 0 Å². The first kappa shape index (κ1) is 17.6. The van der Waals surface area contributed by atoms with Crippen molar-refractivity contribution in [3.05, 3.63) is 59.2 Å². The van der Waals surface area contributed by atoms with Crippen LogP contribution in [0.3, 0.4) is 0 Å². The van der Waals surface area contributed by atoms with Gasteiger partial charge in [-0.1, -0.05) is 24.3 Å². The maximum Gasteiger partial charge on any atom is 0.238 e. The maximum absolute atomic E-state index is 12.2. The quantitative estimate of drug-likeness (QED) is 0.811. The van der Waals surface area contributed by atoms with Crippen LogP contribution >= 0.6 is 11.8 Å². The average molecular weight is 328 g/mol. The lowest BCUT2D eigenvalue weighted by Gasteiger charge is -2.17. The Kier molecular flexibility index (Phi) is 6.25. The van der Waals surface area contributed by atoms with Crippen LogP contribution in [0.2, 0.25) is 0 Å². The highest BCUT2D eigenvalue weighted by Gasteiger charge is 2.09. The molecule has 4 heteroatoms. The Bertz CT molecular complexity index is 668. The van der Waals surface area contributed by atoms with Crippen molar-refractivity contribution >= 4 is 23.4 Å². The second kappa shape index (κ2) is 8.18. The lowest BCUT2D eigenvalue weighted by atomic mass is 10.1. The number of likely N-dealkylation sites (N-methyl/N-ethyl adjacent to an activating group) is 1. The Morgan fingerprint density at radius 2 is 1.83 bits per heavy atom. The number of anilines is 1. The predicted molar refractivity (Wildman–Crippen MR) is 99.1 cm³/mol. The van der Waals surface area contributed by atoms with E-state index in [9.17, 15) is 4.79 Å². The van der Waals surface area contributed by atoms with Crippen LogP contribution < -0.4 is 5.32 Å². The van der Waals surface area contributed by atoms with Crippen molar-refractivity contribution in [2.45, 2.75) is 25.3 Å². The van der Waals surface area contributed by atoms with Crippen molar-refractivity contribution in [1.29, 1.82) is 0 Å². The van der Waals surface area contributed by atoms with Crippen LogP contribution in [-0.2, 0) is 11.3 Å². The number of nitrogens with zero attached hydrogens (tertiary/aromatic N) is 1. The van der Waals surface area contributed by atoms with E-state index >= 15 is 0 Å². The summed E-state index contributed by atoms with van der Waals surface area (Å²) in [6, 6.07) is 14.6. The lowest BCUT2D eigenvalue weighted by molar-refractivity contribution is -0.117. The number of thioether (sulfide) groups is 1. The summed E-state index contributed by atoms with van der Waals surface area (Å²) in [6.45, 7) is 5.16. The maximum atomic E-state index is 12.2. The zero-order valence-electron chi connectivity index (χ0n) is 14.2. The molecule has 0 saturated carbocycles. The average Bonchev–Trinajstić information content (AvgIpc) is 2.51. The van der Waals surface area contributed by atoms with E-state index < -0.39 is 0 Å². The van der Waals surface area contributed by atoms with Gasteiger partial charge < -0.3 is 5.32 Å². The molecule has 1 amide bonds. The minimum atomic E-state index is 0.0157. The number of amides is 1. The number of carbonyl (C=O) groups is 1. The van der Waals surface area contributed by atoms with Crippen molar-refractivity contribution in [3.8, 4) is 0 Å². The third kappa shape index (κ3) is 5.41. The van der Waals surface area contributed by atoms with E-state index in [0.717, 1.165) is 23.4 Å². The summed E-state index contributed by atoms with van der Waals surface area (Å²) >= 11 is 1.73. The number of carbonyl (C=O) groups excluding carboxylic acids is 1. The Labute approximate surface area is 143 Å². The summed E-state index contributed by atoms with van der Waals surface area (Å²) in [7, 11) is 1.96. The molecule has 2 aromatic rings. The van der Waals surface area contributed by atoms with Gasteiger partial charge in [-0.05, 0) is 62.0 Å². The van der Waals surface area contributed by atoms with Gasteiger partial charge in [0.2, 0.25) is 5.91 Å². The van der Waals surface area contributed by atoms with Crippen LogP contribution in [0.15, 0.2) is 47.4 Å². The highest BCUT2D eigenvalue weighted by molar-refractivity contribution is 7.98. The van der Waals surface area contributed by atoms with Crippen molar-refractivity contribution in [1.82, 2.24) is 4.90 Å². The monoisotopic (exact) mass is 328 g/mol. The molecule has 2 rings (SSSR count). The second-order valence-corrected chi connectivity index (χ2v) is 6.77. The van der Waals surface area contributed by atoms with E-state index in [1.807, 2.05) is 37.9 Å². The van der Waals surface area contributed by atoms with Crippen molar-refractivity contribution in [2.24, 2.45) is 0 Å². The van der Waals surface area contributed by atoms with Gasteiger partial charge in [0, 0.05) is 17.1 Å². The molecule has 0 unspecified atom stereocenters. The van der Waals surface area contributed by atoms with Gasteiger partial charge in [0.05, 0.1) is 6.54 Å². The van der Waals surface area contributed by atoms with E-state index in [0.29, 0.717) is 6.54 Å². The molecule has 1 N–H and O–H groups in total. The van der Waals surface area contributed by atoms with Crippen molar-refractivity contribution in [3.63, 3.8) is 0 Å². The predicted octanol–water partition coefficient (Wildman–Crippen LogP) is 4.10. The molecule has 0 radical (unpaired) electrons. The standard InChI is InChI=1S/C19H24N2OS/c1-14-5-6-15(2)18(11-14)20-19(22)13-21(3)12-16-7-9-17(23-4)10-8-16/h5-11H,12-13H2,1-4H3,(H,20,22). The van der Waals surface area contributed by atoms with Gasteiger partial charge in [0.1, 0.15) is 0 Å². The highest BCUT2D eigenvalue weighted by Crippen LogP contribution is 2.17. The fourth-order valence-electron chi connectivity index (χ4n) is 2.40. The number of rotatable bonds is 6. The van der Waals surface area contributed by atoms with Crippen LogP contribution in [0.5, 0.6) is 0 Å². The molecule has 0 aliphatic heterocycles.